The van der Waals surface area contributed by atoms with Crippen molar-refractivity contribution in [2.24, 2.45) is 0 Å². The summed E-state index contributed by atoms with van der Waals surface area (Å²) in [7, 11) is 0. The molecule has 0 radical (unpaired) electrons. The lowest BCUT2D eigenvalue weighted by atomic mass is 10.1. The van der Waals surface area contributed by atoms with Crippen molar-refractivity contribution in [3.8, 4) is 0 Å². The number of alkyl halides is 3. The Kier molecular flexibility index (Phi) is 3.96. The van der Waals surface area contributed by atoms with Gasteiger partial charge in [0.05, 0.1) is 12.3 Å². The van der Waals surface area contributed by atoms with Crippen LogP contribution in [0.1, 0.15) is 30.8 Å². The van der Waals surface area contributed by atoms with E-state index in [2.05, 4.69) is 5.10 Å². The first-order valence-electron chi connectivity index (χ1n) is 5.18. The second-order valence-corrected chi connectivity index (χ2v) is 3.51. The molecule has 1 rings (SSSR count). The maximum Gasteiger partial charge on any atom is 0.408 e. The van der Waals surface area contributed by atoms with Crippen LogP contribution in [0, 0.1) is 0 Å². The van der Waals surface area contributed by atoms with E-state index in [1.807, 2.05) is 0 Å². The highest BCUT2D eigenvalue weighted by Crippen LogP contribution is 2.22. The van der Waals surface area contributed by atoms with Crippen LogP contribution in [0.5, 0.6) is 0 Å². The first-order chi connectivity index (χ1) is 7.42. The van der Waals surface area contributed by atoms with Crippen LogP contribution in [0.15, 0.2) is 0 Å². The van der Waals surface area contributed by atoms with Crippen molar-refractivity contribution >= 4 is 0 Å². The first-order valence-corrected chi connectivity index (χ1v) is 5.18. The summed E-state index contributed by atoms with van der Waals surface area (Å²) in [6.07, 6.45) is -3.33. The summed E-state index contributed by atoms with van der Waals surface area (Å²) >= 11 is 0. The smallest absolute Gasteiger partial charge is 0.392 e. The number of aryl methyl sites for hydroxylation is 1. The number of hydrogen-bond donors (Lipinski definition) is 1. The Labute approximate surface area is 91.9 Å². The van der Waals surface area contributed by atoms with Gasteiger partial charge in [0.15, 0.2) is 0 Å². The summed E-state index contributed by atoms with van der Waals surface area (Å²) in [5.74, 6) is 0. The van der Waals surface area contributed by atoms with E-state index in [0.717, 1.165) is 4.68 Å². The Morgan fingerprint density at radius 2 is 1.88 bits per heavy atom. The number of aliphatic hydroxyl groups is 1. The molecule has 16 heavy (non-hydrogen) atoms. The lowest BCUT2D eigenvalue weighted by Crippen LogP contribution is -2.20. The van der Waals surface area contributed by atoms with E-state index in [4.69, 9.17) is 5.11 Å². The molecule has 0 atom stereocenters. The monoisotopic (exact) mass is 236 g/mol. The number of hydrogen-bond acceptors (Lipinski definition) is 2. The number of rotatable bonds is 4. The molecule has 0 fully saturated rings. The van der Waals surface area contributed by atoms with Crippen LogP contribution in [0.25, 0.3) is 0 Å². The van der Waals surface area contributed by atoms with E-state index in [1.54, 1.807) is 13.8 Å². The molecule has 0 aliphatic rings. The summed E-state index contributed by atoms with van der Waals surface area (Å²) in [6, 6.07) is 0. The third kappa shape index (κ3) is 2.75. The van der Waals surface area contributed by atoms with Gasteiger partial charge < -0.3 is 5.11 Å². The molecule has 1 heterocycles. The zero-order valence-corrected chi connectivity index (χ0v) is 9.30. The van der Waals surface area contributed by atoms with Crippen molar-refractivity contribution < 1.29 is 18.3 Å². The van der Waals surface area contributed by atoms with Crippen LogP contribution in [0.2, 0.25) is 0 Å². The molecule has 0 amide bonds. The lowest BCUT2D eigenvalue weighted by molar-refractivity contribution is -0.143. The molecule has 1 aromatic heterocycles. The van der Waals surface area contributed by atoms with Gasteiger partial charge in [-0.15, -0.1) is 0 Å². The highest BCUT2D eigenvalue weighted by molar-refractivity contribution is 5.26. The number of halogens is 3. The van der Waals surface area contributed by atoms with Gasteiger partial charge in [-0.1, -0.05) is 13.8 Å². The van der Waals surface area contributed by atoms with Crippen molar-refractivity contribution in [2.45, 2.75) is 46.0 Å². The van der Waals surface area contributed by atoms with Crippen LogP contribution in [0.4, 0.5) is 13.2 Å². The van der Waals surface area contributed by atoms with Gasteiger partial charge in [-0.05, 0) is 12.8 Å². The molecule has 0 spiro atoms. The molecular weight excluding hydrogens is 221 g/mol. The largest absolute Gasteiger partial charge is 0.408 e. The molecule has 6 heteroatoms. The molecule has 0 unspecified atom stereocenters. The minimum absolute atomic E-state index is 0.260. The Hall–Kier alpha value is -1.04. The summed E-state index contributed by atoms with van der Waals surface area (Å²) in [6.45, 7) is 2.20. The number of aromatic nitrogens is 2. The summed E-state index contributed by atoms with van der Waals surface area (Å²) in [5, 5.41) is 13.0. The Morgan fingerprint density at radius 3 is 2.25 bits per heavy atom. The third-order valence-electron chi connectivity index (χ3n) is 2.41. The molecular formula is C10H15F3N2O. The van der Waals surface area contributed by atoms with Crippen LogP contribution >= 0.6 is 0 Å². The van der Waals surface area contributed by atoms with Crippen molar-refractivity contribution in [3.63, 3.8) is 0 Å². The zero-order chi connectivity index (χ0) is 12.3. The van der Waals surface area contributed by atoms with E-state index < -0.39 is 12.7 Å². The molecule has 0 aromatic carbocycles. The van der Waals surface area contributed by atoms with E-state index >= 15 is 0 Å². The Morgan fingerprint density at radius 1 is 1.25 bits per heavy atom. The minimum atomic E-state index is -4.28. The first kappa shape index (κ1) is 13.0. The highest BCUT2D eigenvalue weighted by Gasteiger charge is 2.30. The van der Waals surface area contributed by atoms with Crippen molar-refractivity contribution in [1.82, 2.24) is 9.78 Å². The fraction of sp³-hybridized carbons (Fsp3) is 0.700. The van der Waals surface area contributed by atoms with Gasteiger partial charge in [0.1, 0.15) is 6.54 Å². The molecule has 0 bridgehead atoms. The van der Waals surface area contributed by atoms with Gasteiger partial charge in [0, 0.05) is 11.3 Å². The number of aliphatic hydroxyl groups excluding tert-OH is 1. The summed E-state index contributed by atoms with van der Waals surface area (Å²) < 4.78 is 37.8. The molecule has 0 saturated heterocycles. The standard InChI is InChI=1S/C10H15F3N2O/c1-3-8-7(5-16)9(4-2)15(14-8)6-10(11,12)13/h16H,3-6H2,1-2H3. The molecule has 0 aliphatic heterocycles. The maximum absolute atomic E-state index is 12.3. The second kappa shape index (κ2) is 4.86. The second-order valence-electron chi connectivity index (χ2n) is 3.51. The SMILES string of the molecule is CCc1nn(CC(F)(F)F)c(CC)c1CO. The van der Waals surface area contributed by atoms with E-state index in [1.165, 1.54) is 0 Å². The van der Waals surface area contributed by atoms with Crippen LogP contribution < -0.4 is 0 Å². The fourth-order valence-electron chi connectivity index (χ4n) is 1.75. The van der Waals surface area contributed by atoms with Crippen molar-refractivity contribution in [3.05, 3.63) is 17.0 Å². The van der Waals surface area contributed by atoms with E-state index in [-0.39, 0.29) is 6.61 Å². The number of nitrogens with zero attached hydrogens (tertiary/aromatic N) is 2. The molecule has 0 aliphatic carbocycles. The van der Waals surface area contributed by atoms with Crippen LogP contribution in [-0.2, 0) is 26.0 Å². The average molecular weight is 236 g/mol. The topological polar surface area (TPSA) is 38.0 Å². The van der Waals surface area contributed by atoms with Gasteiger partial charge in [-0.25, -0.2) is 0 Å². The quantitative estimate of drug-likeness (QED) is 0.869. The van der Waals surface area contributed by atoms with Gasteiger partial charge in [0.2, 0.25) is 0 Å². The van der Waals surface area contributed by atoms with E-state index in [0.29, 0.717) is 29.8 Å². The predicted octanol–water partition coefficient (Wildman–Crippen LogP) is 2.06. The zero-order valence-electron chi connectivity index (χ0n) is 9.30. The summed E-state index contributed by atoms with van der Waals surface area (Å²) in [4.78, 5) is 0. The molecule has 92 valence electrons. The average Bonchev–Trinajstić information content (AvgIpc) is 2.52. The molecule has 1 aromatic rings. The Balaban J connectivity index is 3.13. The van der Waals surface area contributed by atoms with Crippen LogP contribution in [-0.4, -0.2) is 21.1 Å². The van der Waals surface area contributed by atoms with Crippen molar-refractivity contribution in [1.29, 1.82) is 0 Å². The molecule has 1 N–H and O–H groups in total. The minimum Gasteiger partial charge on any atom is -0.392 e. The lowest BCUT2D eigenvalue weighted by Gasteiger charge is -2.09. The van der Waals surface area contributed by atoms with Gasteiger partial charge >= 0.3 is 6.18 Å². The van der Waals surface area contributed by atoms with E-state index in [9.17, 15) is 13.2 Å². The van der Waals surface area contributed by atoms with Crippen molar-refractivity contribution in [2.75, 3.05) is 0 Å². The molecule has 3 nitrogen and oxygen atoms in total. The van der Waals surface area contributed by atoms with Crippen LogP contribution in [0.3, 0.4) is 0 Å². The molecule has 0 saturated carbocycles. The third-order valence-corrected chi connectivity index (χ3v) is 2.41. The highest BCUT2D eigenvalue weighted by atomic mass is 19.4. The van der Waals surface area contributed by atoms with Gasteiger partial charge in [-0.2, -0.15) is 18.3 Å². The summed E-state index contributed by atoms with van der Waals surface area (Å²) in [5.41, 5.74) is 1.55. The predicted molar refractivity (Wildman–Crippen MR) is 53.0 cm³/mol. The fourth-order valence-corrected chi connectivity index (χ4v) is 1.75. The Bertz CT molecular complexity index is 358. The normalized spacial score (nSPS) is 12.1. The van der Waals surface area contributed by atoms with Gasteiger partial charge in [0.25, 0.3) is 0 Å². The maximum atomic E-state index is 12.3. The van der Waals surface area contributed by atoms with Gasteiger partial charge in [-0.3, -0.25) is 4.68 Å².